The molecule has 1 N–H and O–H groups in total. The average Bonchev–Trinajstić information content (AvgIpc) is 2.67. The van der Waals surface area contributed by atoms with Crippen molar-refractivity contribution in [2.24, 2.45) is 0 Å². The largest absolute Gasteiger partial charge is 0.339 e. The van der Waals surface area contributed by atoms with Gasteiger partial charge in [0.15, 0.2) is 5.82 Å². The van der Waals surface area contributed by atoms with E-state index in [0.717, 1.165) is 12.2 Å². The average molecular weight is 330 g/mol. The first-order valence-electron chi connectivity index (χ1n) is 8.04. The van der Waals surface area contributed by atoms with Gasteiger partial charge in [-0.3, -0.25) is 0 Å². The van der Waals surface area contributed by atoms with Gasteiger partial charge in [-0.05, 0) is 30.7 Å². The van der Waals surface area contributed by atoms with Gasteiger partial charge in [0.2, 0.25) is 5.95 Å². The van der Waals surface area contributed by atoms with Crippen molar-refractivity contribution >= 4 is 17.5 Å². The highest BCUT2D eigenvalue weighted by Gasteiger charge is 2.10. The van der Waals surface area contributed by atoms with Crippen LogP contribution >= 0.6 is 0 Å². The lowest BCUT2D eigenvalue weighted by Gasteiger charge is -2.20. The van der Waals surface area contributed by atoms with Crippen LogP contribution in [0.25, 0.3) is 0 Å². The second-order valence-corrected chi connectivity index (χ2v) is 5.46. The molecule has 0 aliphatic rings. The smallest absolute Gasteiger partial charge is 0.247 e. The van der Waals surface area contributed by atoms with E-state index >= 15 is 0 Å². The molecule has 25 heavy (non-hydrogen) atoms. The predicted octanol–water partition coefficient (Wildman–Crippen LogP) is 3.51. The summed E-state index contributed by atoms with van der Waals surface area (Å²) in [7, 11) is 0. The number of hydrogen-bond donors (Lipinski definition) is 1. The number of hydrogen-bond acceptors (Lipinski definition) is 6. The third kappa shape index (κ3) is 4.30. The van der Waals surface area contributed by atoms with Crippen LogP contribution in [0.4, 0.5) is 17.5 Å². The van der Waals surface area contributed by atoms with Gasteiger partial charge in [-0.25, -0.2) is 0 Å². The third-order valence-electron chi connectivity index (χ3n) is 3.69. The second kappa shape index (κ2) is 7.88. The minimum atomic E-state index is 0.563. The van der Waals surface area contributed by atoms with Gasteiger partial charge >= 0.3 is 0 Å². The molecule has 0 aliphatic heterocycles. The van der Waals surface area contributed by atoms with Crippen molar-refractivity contribution in [2.75, 3.05) is 16.8 Å². The second-order valence-electron chi connectivity index (χ2n) is 5.46. The SMILES string of the molecule is CCN(Cc1ccccc1)c1nncc(Nc2cccc(C#N)c2)n1. The van der Waals surface area contributed by atoms with Crippen LogP contribution in [0.5, 0.6) is 0 Å². The van der Waals surface area contributed by atoms with Crippen LogP contribution in [0, 0.1) is 11.3 Å². The van der Waals surface area contributed by atoms with Crippen LogP contribution < -0.4 is 10.2 Å². The number of rotatable bonds is 6. The maximum Gasteiger partial charge on any atom is 0.247 e. The Kier molecular flexibility index (Phi) is 5.17. The van der Waals surface area contributed by atoms with Crippen molar-refractivity contribution in [2.45, 2.75) is 13.5 Å². The zero-order chi connectivity index (χ0) is 17.5. The Morgan fingerprint density at radius 1 is 1.12 bits per heavy atom. The van der Waals surface area contributed by atoms with E-state index in [1.807, 2.05) is 30.3 Å². The van der Waals surface area contributed by atoms with E-state index in [1.165, 1.54) is 5.56 Å². The quantitative estimate of drug-likeness (QED) is 0.745. The first-order valence-corrected chi connectivity index (χ1v) is 8.04. The summed E-state index contributed by atoms with van der Waals surface area (Å²) in [4.78, 5) is 6.60. The molecule has 1 aromatic heterocycles. The fraction of sp³-hybridized carbons (Fsp3) is 0.158. The highest BCUT2D eigenvalue weighted by molar-refractivity contribution is 5.58. The number of anilines is 3. The monoisotopic (exact) mass is 330 g/mol. The Labute approximate surface area is 146 Å². The molecule has 0 amide bonds. The molecule has 0 radical (unpaired) electrons. The van der Waals surface area contributed by atoms with Crippen LogP contribution in [0.2, 0.25) is 0 Å². The van der Waals surface area contributed by atoms with Gasteiger partial charge in [0.25, 0.3) is 0 Å². The minimum Gasteiger partial charge on any atom is -0.339 e. The summed E-state index contributed by atoms with van der Waals surface area (Å²) in [5.41, 5.74) is 2.57. The molecule has 2 aromatic carbocycles. The summed E-state index contributed by atoms with van der Waals surface area (Å²) >= 11 is 0. The van der Waals surface area contributed by atoms with Crippen molar-refractivity contribution in [1.82, 2.24) is 15.2 Å². The van der Waals surface area contributed by atoms with Crippen LogP contribution in [0.15, 0.2) is 60.8 Å². The lowest BCUT2D eigenvalue weighted by molar-refractivity contribution is 0.771. The summed E-state index contributed by atoms with van der Waals surface area (Å²) in [6.45, 7) is 3.54. The Hall–Kier alpha value is -3.46. The molecule has 124 valence electrons. The van der Waals surface area contributed by atoms with Gasteiger partial charge in [0.05, 0.1) is 17.8 Å². The molecular formula is C19H18N6. The van der Waals surface area contributed by atoms with E-state index in [9.17, 15) is 0 Å². The van der Waals surface area contributed by atoms with Crippen molar-refractivity contribution in [3.8, 4) is 6.07 Å². The molecule has 0 spiro atoms. The van der Waals surface area contributed by atoms with Gasteiger partial charge in [-0.2, -0.15) is 15.3 Å². The van der Waals surface area contributed by atoms with Crippen LogP contribution in [0.1, 0.15) is 18.1 Å². The Bertz CT molecular complexity index is 872. The topological polar surface area (TPSA) is 77.7 Å². The van der Waals surface area contributed by atoms with Crippen molar-refractivity contribution in [3.05, 3.63) is 71.9 Å². The Morgan fingerprint density at radius 2 is 1.96 bits per heavy atom. The molecular weight excluding hydrogens is 312 g/mol. The highest BCUT2D eigenvalue weighted by Crippen LogP contribution is 2.18. The summed E-state index contributed by atoms with van der Waals surface area (Å²) in [5, 5.41) is 20.4. The molecule has 0 saturated heterocycles. The number of nitrogens with zero attached hydrogens (tertiary/aromatic N) is 5. The molecule has 1 heterocycles. The first kappa shape index (κ1) is 16.4. The van der Waals surface area contributed by atoms with E-state index in [2.05, 4.69) is 50.5 Å². The molecule has 6 heteroatoms. The lowest BCUT2D eigenvalue weighted by atomic mass is 10.2. The maximum atomic E-state index is 8.99. The fourth-order valence-corrected chi connectivity index (χ4v) is 2.43. The number of nitriles is 1. The number of nitrogens with one attached hydrogen (secondary N) is 1. The predicted molar refractivity (Wildman–Crippen MR) is 97.4 cm³/mol. The summed E-state index contributed by atoms with van der Waals surface area (Å²) in [5.74, 6) is 1.15. The lowest BCUT2D eigenvalue weighted by Crippen LogP contribution is -2.24. The zero-order valence-electron chi connectivity index (χ0n) is 13.9. The standard InChI is InChI=1S/C19H18N6/c1-2-25(14-15-7-4-3-5-8-15)19-23-18(13-21-24-19)22-17-10-6-9-16(11-17)12-20/h3-11,13H,2,14H2,1H3,(H,22,23,24). The summed E-state index contributed by atoms with van der Waals surface area (Å²) in [6.07, 6.45) is 1.57. The van der Waals surface area contributed by atoms with Gasteiger partial charge in [0, 0.05) is 18.8 Å². The molecule has 3 aromatic rings. The van der Waals surface area contributed by atoms with Gasteiger partial charge in [-0.1, -0.05) is 36.4 Å². The molecule has 0 bridgehead atoms. The van der Waals surface area contributed by atoms with Gasteiger partial charge < -0.3 is 10.2 Å². The van der Waals surface area contributed by atoms with E-state index in [-0.39, 0.29) is 0 Å². The Balaban J connectivity index is 1.79. The zero-order valence-corrected chi connectivity index (χ0v) is 13.9. The van der Waals surface area contributed by atoms with Gasteiger partial charge in [0.1, 0.15) is 0 Å². The third-order valence-corrected chi connectivity index (χ3v) is 3.69. The van der Waals surface area contributed by atoms with Crippen LogP contribution in [0.3, 0.4) is 0 Å². The minimum absolute atomic E-state index is 0.563. The van der Waals surface area contributed by atoms with E-state index in [0.29, 0.717) is 23.9 Å². The number of aromatic nitrogens is 3. The fourth-order valence-electron chi connectivity index (χ4n) is 2.43. The van der Waals surface area contributed by atoms with Crippen LogP contribution in [-0.2, 0) is 6.54 Å². The van der Waals surface area contributed by atoms with Gasteiger partial charge in [-0.15, -0.1) is 5.10 Å². The summed E-state index contributed by atoms with van der Waals surface area (Å²) in [6, 6.07) is 19.5. The number of benzene rings is 2. The van der Waals surface area contributed by atoms with Crippen LogP contribution in [-0.4, -0.2) is 21.7 Å². The molecule has 0 aliphatic carbocycles. The molecule has 0 atom stereocenters. The van der Waals surface area contributed by atoms with E-state index < -0.39 is 0 Å². The van der Waals surface area contributed by atoms with Crippen molar-refractivity contribution < 1.29 is 0 Å². The highest BCUT2D eigenvalue weighted by atomic mass is 15.3. The molecule has 6 nitrogen and oxygen atoms in total. The first-order chi connectivity index (χ1) is 12.3. The maximum absolute atomic E-state index is 8.99. The Morgan fingerprint density at radius 3 is 2.72 bits per heavy atom. The van der Waals surface area contributed by atoms with Crippen molar-refractivity contribution in [3.63, 3.8) is 0 Å². The summed E-state index contributed by atoms with van der Waals surface area (Å²) < 4.78 is 0. The normalized spacial score (nSPS) is 10.1. The van der Waals surface area contributed by atoms with Crippen molar-refractivity contribution in [1.29, 1.82) is 5.26 Å². The molecule has 0 saturated carbocycles. The molecule has 0 fully saturated rings. The molecule has 3 rings (SSSR count). The van der Waals surface area contributed by atoms with E-state index in [1.54, 1.807) is 18.3 Å². The van der Waals surface area contributed by atoms with E-state index in [4.69, 9.17) is 5.26 Å². The molecule has 0 unspecified atom stereocenters.